The third-order valence-corrected chi connectivity index (χ3v) is 2.69. The zero-order chi connectivity index (χ0) is 11.3. The maximum atomic E-state index is 11.6. The van der Waals surface area contributed by atoms with Gasteiger partial charge < -0.3 is 5.11 Å². The number of benzene rings is 1. The molecule has 1 aromatic carbocycles. The van der Waals surface area contributed by atoms with Gasteiger partial charge in [0.25, 0.3) is 0 Å². The van der Waals surface area contributed by atoms with Gasteiger partial charge >= 0.3 is 5.69 Å². The van der Waals surface area contributed by atoms with Crippen LogP contribution >= 0.6 is 0 Å². The summed E-state index contributed by atoms with van der Waals surface area (Å²) in [5.41, 5.74) is 1.93. The summed E-state index contributed by atoms with van der Waals surface area (Å²) in [4.78, 5) is 11.6. The van der Waals surface area contributed by atoms with Crippen molar-refractivity contribution in [1.82, 2.24) is 14.6 Å². The minimum atomic E-state index is -0.300. The Labute approximate surface area is 90.0 Å². The van der Waals surface area contributed by atoms with Gasteiger partial charge in [-0.25, -0.2) is 14.3 Å². The molecule has 0 aliphatic carbocycles. The summed E-state index contributed by atoms with van der Waals surface area (Å²) in [5.74, 6) is 0.132. The van der Waals surface area contributed by atoms with Crippen molar-refractivity contribution in [2.75, 3.05) is 0 Å². The van der Waals surface area contributed by atoms with E-state index in [1.165, 1.54) is 4.40 Å². The average Bonchev–Trinajstić information content (AvgIpc) is 2.60. The topological polar surface area (TPSA) is 70.4 Å². The van der Waals surface area contributed by atoms with Gasteiger partial charge in [0.05, 0.1) is 5.52 Å². The zero-order valence-electron chi connectivity index (χ0n) is 8.56. The zero-order valence-corrected chi connectivity index (χ0v) is 8.56. The van der Waals surface area contributed by atoms with E-state index >= 15 is 0 Å². The number of H-pyrrole nitrogens is 1. The van der Waals surface area contributed by atoms with Crippen LogP contribution in [0.1, 0.15) is 5.56 Å². The minimum absolute atomic E-state index is 0.132. The molecule has 3 rings (SSSR count). The van der Waals surface area contributed by atoms with Crippen LogP contribution in [0.25, 0.3) is 16.6 Å². The summed E-state index contributed by atoms with van der Waals surface area (Å²) in [7, 11) is 0. The van der Waals surface area contributed by atoms with Gasteiger partial charge in [0.1, 0.15) is 5.75 Å². The molecule has 0 radical (unpaired) electrons. The molecular formula is C11H9N3O2. The number of aryl methyl sites for hydroxylation is 1. The van der Waals surface area contributed by atoms with Gasteiger partial charge in [0, 0.05) is 11.5 Å². The maximum Gasteiger partial charge on any atom is 0.348 e. The molecule has 0 aliphatic rings. The highest BCUT2D eigenvalue weighted by molar-refractivity contribution is 5.86. The second kappa shape index (κ2) is 2.85. The number of aromatic hydroxyl groups is 1. The molecule has 0 amide bonds. The fourth-order valence-corrected chi connectivity index (χ4v) is 1.95. The molecule has 2 N–H and O–H groups in total. The SMILES string of the molecule is Cc1cc2n[nH]c(=O)n2c2cc(O)ccc12. The molecule has 0 atom stereocenters. The molecule has 0 unspecified atom stereocenters. The van der Waals surface area contributed by atoms with Crippen LogP contribution in [0.3, 0.4) is 0 Å². The van der Waals surface area contributed by atoms with Gasteiger partial charge in [-0.15, -0.1) is 0 Å². The Hall–Kier alpha value is -2.30. The predicted molar refractivity (Wildman–Crippen MR) is 59.7 cm³/mol. The van der Waals surface area contributed by atoms with Gasteiger partial charge in [-0.1, -0.05) is 0 Å². The van der Waals surface area contributed by atoms with Gasteiger partial charge in [0.15, 0.2) is 5.65 Å². The van der Waals surface area contributed by atoms with E-state index in [1.54, 1.807) is 18.2 Å². The van der Waals surface area contributed by atoms with E-state index in [2.05, 4.69) is 10.2 Å². The van der Waals surface area contributed by atoms with Gasteiger partial charge in [-0.05, 0) is 30.7 Å². The number of nitrogens with one attached hydrogen (secondary N) is 1. The lowest BCUT2D eigenvalue weighted by Gasteiger charge is -2.04. The molecule has 0 bridgehead atoms. The van der Waals surface area contributed by atoms with Crippen molar-refractivity contribution in [3.63, 3.8) is 0 Å². The number of hydrogen-bond acceptors (Lipinski definition) is 3. The van der Waals surface area contributed by atoms with Crippen LogP contribution in [0.4, 0.5) is 0 Å². The Balaban J connectivity index is 2.70. The van der Waals surface area contributed by atoms with Crippen LogP contribution in [-0.2, 0) is 0 Å². The molecule has 16 heavy (non-hydrogen) atoms. The van der Waals surface area contributed by atoms with E-state index in [-0.39, 0.29) is 11.4 Å². The highest BCUT2D eigenvalue weighted by atomic mass is 16.3. The average molecular weight is 215 g/mol. The Kier molecular flexibility index (Phi) is 1.60. The molecule has 5 nitrogen and oxygen atoms in total. The van der Waals surface area contributed by atoms with Crippen molar-refractivity contribution in [2.45, 2.75) is 6.92 Å². The highest BCUT2D eigenvalue weighted by Crippen LogP contribution is 2.23. The summed E-state index contributed by atoms with van der Waals surface area (Å²) >= 11 is 0. The maximum absolute atomic E-state index is 11.6. The van der Waals surface area contributed by atoms with Crippen molar-refractivity contribution in [3.05, 3.63) is 40.3 Å². The summed E-state index contributed by atoms with van der Waals surface area (Å²) in [6.07, 6.45) is 0. The molecule has 2 heterocycles. The molecule has 2 aromatic heterocycles. The van der Waals surface area contributed by atoms with E-state index in [1.807, 2.05) is 13.0 Å². The van der Waals surface area contributed by atoms with Gasteiger partial charge in [-0.3, -0.25) is 0 Å². The third-order valence-electron chi connectivity index (χ3n) is 2.69. The number of aromatic nitrogens is 3. The fourth-order valence-electron chi connectivity index (χ4n) is 1.95. The minimum Gasteiger partial charge on any atom is -0.508 e. The molecule has 3 aromatic rings. The van der Waals surface area contributed by atoms with Crippen molar-refractivity contribution in [3.8, 4) is 5.75 Å². The lowest BCUT2D eigenvalue weighted by Crippen LogP contribution is -2.10. The van der Waals surface area contributed by atoms with E-state index in [0.717, 1.165) is 10.9 Å². The van der Waals surface area contributed by atoms with Gasteiger partial charge in [-0.2, -0.15) is 5.10 Å². The van der Waals surface area contributed by atoms with Crippen molar-refractivity contribution in [1.29, 1.82) is 0 Å². The summed E-state index contributed by atoms with van der Waals surface area (Å²) < 4.78 is 1.45. The van der Waals surface area contributed by atoms with E-state index in [4.69, 9.17) is 0 Å². The molecule has 0 saturated heterocycles. The van der Waals surface area contributed by atoms with Crippen LogP contribution in [0.2, 0.25) is 0 Å². The largest absolute Gasteiger partial charge is 0.508 e. The van der Waals surface area contributed by atoms with Crippen LogP contribution in [0.15, 0.2) is 29.1 Å². The summed E-state index contributed by atoms with van der Waals surface area (Å²) in [6, 6.07) is 6.79. The quantitative estimate of drug-likeness (QED) is 0.591. The van der Waals surface area contributed by atoms with E-state index in [0.29, 0.717) is 11.2 Å². The number of rotatable bonds is 0. The highest BCUT2D eigenvalue weighted by Gasteiger charge is 2.08. The Morgan fingerprint density at radius 2 is 2.19 bits per heavy atom. The van der Waals surface area contributed by atoms with Crippen LogP contribution in [0, 0.1) is 6.92 Å². The first-order valence-electron chi connectivity index (χ1n) is 4.86. The number of hydrogen-bond donors (Lipinski definition) is 2. The Morgan fingerprint density at radius 1 is 1.38 bits per heavy atom. The molecular weight excluding hydrogens is 206 g/mol. The second-order valence-corrected chi connectivity index (χ2v) is 3.75. The Morgan fingerprint density at radius 3 is 3.00 bits per heavy atom. The first-order valence-corrected chi connectivity index (χ1v) is 4.86. The molecule has 0 aliphatic heterocycles. The predicted octanol–water partition coefficient (Wildman–Crippen LogP) is 1.19. The third kappa shape index (κ3) is 1.05. The van der Waals surface area contributed by atoms with E-state index < -0.39 is 0 Å². The monoisotopic (exact) mass is 215 g/mol. The van der Waals surface area contributed by atoms with Crippen LogP contribution in [0.5, 0.6) is 5.75 Å². The molecule has 0 spiro atoms. The second-order valence-electron chi connectivity index (χ2n) is 3.75. The first kappa shape index (κ1) is 8.96. The number of phenolic OH excluding ortho intramolecular Hbond substituents is 1. The normalized spacial score (nSPS) is 11.3. The Bertz CT molecular complexity index is 755. The lowest BCUT2D eigenvalue weighted by atomic mass is 10.1. The van der Waals surface area contributed by atoms with Crippen molar-refractivity contribution >= 4 is 16.6 Å². The number of phenols is 1. The molecule has 80 valence electrons. The van der Waals surface area contributed by atoms with Crippen LogP contribution < -0.4 is 5.69 Å². The molecule has 0 saturated carbocycles. The number of fused-ring (bicyclic) bond motifs is 3. The van der Waals surface area contributed by atoms with Crippen molar-refractivity contribution in [2.24, 2.45) is 0 Å². The summed E-state index contributed by atoms with van der Waals surface area (Å²) in [6.45, 7) is 1.94. The molecule has 5 heteroatoms. The first-order chi connectivity index (χ1) is 7.66. The summed E-state index contributed by atoms with van der Waals surface area (Å²) in [5, 5.41) is 16.7. The van der Waals surface area contributed by atoms with Crippen molar-refractivity contribution < 1.29 is 5.11 Å². The standard InChI is InChI=1S/C11H9N3O2/c1-6-4-10-12-13-11(16)14(10)9-5-7(15)2-3-8(6)9/h2-5,15H,1H3,(H,13,16). The van der Waals surface area contributed by atoms with Crippen LogP contribution in [-0.4, -0.2) is 19.7 Å². The molecule has 0 fully saturated rings. The smallest absolute Gasteiger partial charge is 0.348 e. The van der Waals surface area contributed by atoms with Gasteiger partial charge in [0.2, 0.25) is 0 Å². The van der Waals surface area contributed by atoms with E-state index in [9.17, 15) is 9.90 Å². The number of aromatic amines is 1. The lowest BCUT2D eigenvalue weighted by molar-refractivity contribution is 0.476. The fraction of sp³-hybridized carbons (Fsp3) is 0.0909. The number of pyridine rings is 1. The number of nitrogens with zero attached hydrogens (tertiary/aromatic N) is 2.